The number of hydrogen-bond donors (Lipinski definition) is 3. The summed E-state index contributed by atoms with van der Waals surface area (Å²) in [7, 11) is 0. The van der Waals surface area contributed by atoms with E-state index in [1.807, 2.05) is 5.48 Å². The lowest BCUT2D eigenvalue weighted by atomic mass is 10.0. The van der Waals surface area contributed by atoms with Gasteiger partial charge < -0.3 is 24.7 Å². The minimum atomic E-state index is -0.887. The van der Waals surface area contributed by atoms with Crippen molar-refractivity contribution in [2.45, 2.75) is 38.3 Å². The summed E-state index contributed by atoms with van der Waals surface area (Å²) >= 11 is 0. The predicted octanol–water partition coefficient (Wildman–Crippen LogP) is 0.834. The number of hydroxylamine groups is 1. The molecule has 1 aromatic carbocycles. The van der Waals surface area contributed by atoms with Crippen LogP contribution in [0.15, 0.2) is 24.3 Å². The second kappa shape index (κ2) is 10.1. The average molecular weight is 473 g/mol. The van der Waals surface area contributed by atoms with Gasteiger partial charge in [-0.2, -0.15) is 5.48 Å². The maximum atomic E-state index is 14.6. The highest BCUT2D eigenvalue weighted by Gasteiger charge is 2.28. The van der Waals surface area contributed by atoms with E-state index in [0.717, 1.165) is 6.92 Å². The molecule has 0 spiro atoms. The summed E-state index contributed by atoms with van der Waals surface area (Å²) in [4.78, 5) is 44.4. The molecule has 1 saturated heterocycles. The topological polar surface area (TPSA) is 136 Å². The summed E-state index contributed by atoms with van der Waals surface area (Å²) in [5.74, 6) is -2.28. The molecule has 0 saturated carbocycles. The highest BCUT2D eigenvalue weighted by atomic mass is 19.1. The number of hydrogen-bond acceptors (Lipinski definition) is 8. The molecule has 2 atom stereocenters. The highest BCUT2D eigenvalue weighted by molar-refractivity contribution is 5.94. The Labute approximate surface area is 194 Å². The maximum Gasteiger partial charge on any atom is 0.329 e. The number of rotatable bonds is 5. The fraction of sp³-hybridized carbons (Fsp3) is 0.391. The highest BCUT2D eigenvalue weighted by Crippen LogP contribution is 2.31. The molecule has 0 radical (unpaired) electrons. The number of benzene rings is 1. The lowest BCUT2D eigenvalue weighted by molar-refractivity contribution is -0.146. The molecular formula is C23H24FN3O7. The summed E-state index contributed by atoms with van der Waals surface area (Å²) < 4.78 is 25.4. The van der Waals surface area contributed by atoms with Crippen LogP contribution in [0.1, 0.15) is 51.0 Å². The minimum absolute atomic E-state index is 0.155. The smallest absolute Gasteiger partial charge is 0.329 e. The molecule has 2 aromatic rings. The lowest BCUT2D eigenvalue weighted by Crippen LogP contribution is -2.48. The van der Waals surface area contributed by atoms with E-state index in [1.165, 1.54) is 12.1 Å². The number of fused-ring (bicyclic) bond motifs is 1. The van der Waals surface area contributed by atoms with Crippen LogP contribution in [-0.4, -0.2) is 59.8 Å². The van der Waals surface area contributed by atoms with E-state index >= 15 is 0 Å². The third kappa shape index (κ3) is 5.32. The Kier molecular flexibility index (Phi) is 7.03. The van der Waals surface area contributed by atoms with Gasteiger partial charge in [-0.25, -0.2) is 9.37 Å². The Morgan fingerprint density at radius 3 is 2.79 bits per heavy atom. The average Bonchev–Trinajstić information content (AvgIpc) is 3.28. The molecule has 3 N–H and O–H groups in total. The van der Waals surface area contributed by atoms with Gasteiger partial charge in [0.1, 0.15) is 17.3 Å². The zero-order valence-corrected chi connectivity index (χ0v) is 18.4. The van der Waals surface area contributed by atoms with E-state index in [2.05, 4.69) is 15.1 Å². The second-order valence-corrected chi connectivity index (χ2v) is 8.07. The first-order valence-electron chi connectivity index (χ1n) is 10.8. The van der Waals surface area contributed by atoms with Crippen LogP contribution in [0, 0.1) is 5.82 Å². The van der Waals surface area contributed by atoms with Crippen LogP contribution >= 0.6 is 0 Å². The number of nitrogens with one attached hydrogen (secondary N) is 2. The first-order valence-corrected chi connectivity index (χ1v) is 10.8. The lowest BCUT2D eigenvalue weighted by Gasteiger charge is -2.28. The quantitative estimate of drug-likeness (QED) is 0.544. The van der Waals surface area contributed by atoms with Crippen molar-refractivity contribution in [2.75, 3.05) is 19.8 Å². The number of carbonyl (C=O) groups excluding carboxylic acids is 3. The molecule has 2 amide bonds. The molecule has 0 unspecified atom stereocenters. The number of ether oxygens (including phenoxy) is 2. The summed E-state index contributed by atoms with van der Waals surface area (Å²) in [5, 5.41) is 12.9. The van der Waals surface area contributed by atoms with Gasteiger partial charge in [0.25, 0.3) is 11.8 Å². The molecule has 4 rings (SSSR count). The van der Waals surface area contributed by atoms with Gasteiger partial charge in [-0.05, 0) is 30.2 Å². The van der Waals surface area contributed by atoms with E-state index < -0.39 is 35.7 Å². The molecule has 0 bridgehead atoms. The van der Waals surface area contributed by atoms with Gasteiger partial charge in [0, 0.05) is 31.9 Å². The number of pyridine rings is 1. The molecule has 34 heavy (non-hydrogen) atoms. The Hall–Kier alpha value is -3.57. The van der Waals surface area contributed by atoms with Gasteiger partial charge in [0.15, 0.2) is 0 Å². The van der Waals surface area contributed by atoms with Crippen molar-refractivity contribution in [1.29, 1.82) is 0 Å². The fourth-order valence-corrected chi connectivity index (χ4v) is 3.87. The van der Waals surface area contributed by atoms with Crippen molar-refractivity contribution in [3.05, 3.63) is 58.2 Å². The molecule has 3 heterocycles. The zero-order valence-electron chi connectivity index (χ0n) is 18.4. The third-order valence-electron chi connectivity index (χ3n) is 5.54. The van der Waals surface area contributed by atoms with Crippen LogP contribution in [0.3, 0.4) is 0 Å². The maximum absolute atomic E-state index is 14.6. The number of aliphatic hydroxyl groups is 1. The molecule has 180 valence electrons. The molecule has 1 fully saturated rings. The number of amides is 2. The van der Waals surface area contributed by atoms with Gasteiger partial charge in [-0.3, -0.25) is 14.4 Å². The molecule has 11 heteroatoms. The molecule has 0 aliphatic carbocycles. The number of halogens is 1. The van der Waals surface area contributed by atoms with Crippen molar-refractivity contribution in [3.8, 4) is 5.75 Å². The molecule has 1 aromatic heterocycles. The van der Waals surface area contributed by atoms with Crippen molar-refractivity contribution < 1.29 is 38.2 Å². The second-order valence-electron chi connectivity index (χ2n) is 8.07. The van der Waals surface area contributed by atoms with Crippen molar-refractivity contribution in [2.24, 2.45) is 0 Å². The SMILES string of the molecule is CC(=O)ONC(=O)c1ccc(Cc2cc(C(=O)N[C@H]3CCOC[C@@H]3O)nc3c2OCC3)cc1F. The van der Waals surface area contributed by atoms with Crippen molar-refractivity contribution >= 4 is 17.8 Å². The van der Waals surface area contributed by atoms with Crippen LogP contribution in [0.5, 0.6) is 5.75 Å². The van der Waals surface area contributed by atoms with Crippen LogP contribution < -0.4 is 15.5 Å². The zero-order chi connectivity index (χ0) is 24.2. The van der Waals surface area contributed by atoms with E-state index in [1.54, 1.807) is 12.1 Å². The number of aromatic nitrogens is 1. The number of aliphatic hydroxyl groups excluding tert-OH is 1. The predicted molar refractivity (Wildman–Crippen MR) is 115 cm³/mol. The summed E-state index contributed by atoms with van der Waals surface area (Å²) in [5.41, 5.74) is 3.59. The van der Waals surface area contributed by atoms with Gasteiger partial charge in [-0.15, -0.1) is 0 Å². The van der Waals surface area contributed by atoms with Crippen molar-refractivity contribution in [1.82, 2.24) is 15.8 Å². The molecule has 2 aliphatic heterocycles. The fourth-order valence-electron chi connectivity index (χ4n) is 3.87. The summed E-state index contributed by atoms with van der Waals surface area (Å²) in [6.07, 6.45) is 0.458. The van der Waals surface area contributed by atoms with Crippen LogP contribution in [0.2, 0.25) is 0 Å². The molecular weight excluding hydrogens is 449 g/mol. The number of carbonyl (C=O) groups is 3. The Bertz CT molecular complexity index is 1120. The summed E-state index contributed by atoms with van der Waals surface area (Å²) in [6.45, 7) is 2.12. The monoisotopic (exact) mass is 473 g/mol. The van der Waals surface area contributed by atoms with E-state index in [-0.39, 0.29) is 24.3 Å². The summed E-state index contributed by atoms with van der Waals surface area (Å²) in [6, 6.07) is 5.20. The van der Waals surface area contributed by atoms with Crippen molar-refractivity contribution in [3.63, 3.8) is 0 Å². The molecule has 10 nitrogen and oxygen atoms in total. The van der Waals surface area contributed by atoms with E-state index in [4.69, 9.17) is 9.47 Å². The number of nitrogens with zero attached hydrogens (tertiary/aromatic N) is 1. The van der Waals surface area contributed by atoms with E-state index in [9.17, 15) is 23.9 Å². The Morgan fingerprint density at radius 1 is 1.24 bits per heavy atom. The van der Waals surface area contributed by atoms with Crippen LogP contribution in [0.4, 0.5) is 4.39 Å². The van der Waals surface area contributed by atoms with Gasteiger partial charge >= 0.3 is 5.97 Å². The largest absolute Gasteiger partial charge is 0.491 e. The van der Waals surface area contributed by atoms with Gasteiger partial charge in [0.2, 0.25) is 0 Å². The Morgan fingerprint density at radius 2 is 2.06 bits per heavy atom. The van der Waals surface area contributed by atoms with E-state index in [0.29, 0.717) is 48.6 Å². The molecule has 2 aliphatic rings. The first kappa shape index (κ1) is 23.6. The van der Waals surface area contributed by atoms with Gasteiger partial charge in [-0.1, -0.05) is 6.07 Å². The van der Waals surface area contributed by atoms with Gasteiger partial charge in [0.05, 0.1) is 36.6 Å². The minimum Gasteiger partial charge on any atom is -0.491 e. The standard InChI is InChI=1S/C23H24FN3O7/c1-12(28)34-27-22(30)15-3-2-13(9-16(15)24)8-14-10-19(25-18-5-7-33-21(14)18)23(31)26-17-4-6-32-11-20(17)29/h2-3,9-10,17,20,29H,4-8,11H2,1H3,(H,26,31)(H,27,30)/t17-,20-/m0/s1. The van der Waals surface area contributed by atoms with Crippen LogP contribution in [-0.2, 0) is 27.2 Å². The Balaban J connectivity index is 1.53. The normalized spacial score (nSPS) is 19.0. The first-order chi connectivity index (χ1) is 16.3. The third-order valence-corrected chi connectivity index (χ3v) is 5.54. The van der Waals surface area contributed by atoms with Crippen LogP contribution in [0.25, 0.3) is 0 Å².